The van der Waals surface area contributed by atoms with Gasteiger partial charge in [-0.1, -0.05) is 18.6 Å². The Labute approximate surface area is 102 Å². The molecule has 0 spiro atoms. The third-order valence-electron chi connectivity index (χ3n) is 2.24. The lowest BCUT2D eigenvalue weighted by Crippen LogP contribution is -2.07. The Hall–Kier alpha value is -1.02. The molecule has 1 aromatic rings. The number of alkyl halides is 1. The van der Waals surface area contributed by atoms with Crippen molar-refractivity contribution in [2.24, 2.45) is 0 Å². The summed E-state index contributed by atoms with van der Waals surface area (Å²) in [6, 6.07) is 7.50. The quantitative estimate of drug-likeness (QED) is 0.328. The molecule has 0 fully saturated rings. The van der Waals surface area contributed by atoms with Crippen LogP contribution < -0.4 is 4.74 Å². The van der Waals surface area contributed by atoms with E-state index >= 15 is 0 Å². The van der Waals surface area contributed by atoms with Gasteiger partial charge in [-0.25, -0.2) is 0 Å². The van der Waals surface area contributed by atoms with E-state index in [2.05, 4.69) is 0 Å². The van der Waals surface area contributed by atoms with Crippen LogP contribution in [0.1, 0.15) is 31.2 Å². The summed E-state index contributed by atoms with van der Waals surface area (Å²) in [4.78, 5) is 11.4. The highest BCUT2D eigenvalue weighted by Gasteiger charge is 2.04. The average Bonchev–Trinajstić information content (AvgIpc) is 2.24. The largest absolute Gasteiger partial charge is 0.427 e. The third kappa shape index (κ3) is 5.17. The molecule has 0 radical (unpaired) electrons. The van der Waals surface area contributed by atoms with Crippen molar-refractivity contribution < 1.29 is 9.53 Å². The Morgan fingerprint density at radius 3 is 2.81 bits per heavy atom. The summed E-state index contributed by atoms with van der Waals surface area (Å²) >= 11 is 5.55. The topological polar surface area (TPSA) is 26.3 Å². The number of hydrogen-bond donors (Lipinski definition) is 0. The van der Waals surface area contributed by atoms with Gasteiger partial charge in [-0.2, -0.15) is 0 Å². The van der Waals surface area contributed by atoms with Gasteiger partial charge < -0.3 is 4.74 Å². The molecule has 1 aromatic carbocycles. The Morgan fingerprint density at radius 2 is 2.12 bits per heavy atom. The van der Waals surface area contributed by atoms with Crippen molar-refractivity contribution in [1.29, 1.82) is 0 Å². The first kappa shape index (κ1) is 13.0. The number of unbranched alkanes of at least 4 members (excludes halogenated alkanes) is 2. The molecule has 0 aliphatic rings. The van der Waals surface area contributed by atoms with E-state index in [9.17, 15) is 4.79 Å². The second kappa shape index (κ2) is 7.29. The van der Waals surface area contributed by atoms with Crippen molar-refractivity contribution in [3.63, 3.8) is 0 Å². The standard InChI is InChI=1S/C13H17ClO2/c1-11-6-5-7-12(10-11)16-13(15)8-3-2-4-9-14/h5-7,10H,2-4,8-9H2,1H3. The molecular weight excluding hydrogens is 224 g/mol. The van der Waals surface area contributed by atoms with Crippen molar-refractivity contribution in [2.75, 3.05) is 5.88 Å². The van der Waals surface area contributed by atoms with E-state index in [1.807, 2.05) is 25.1 Å². The number of carbonyl (C=O) groups is 1. The molecule has 0 heterocycles. The van der Waals surface area contributed by atoms with E-state index in [4.69, 9.17) is 16.3 Å². The molecule has 0 N–H and O–H groups in total. The molecule has 3 heteroatoms. The zero-order valence-corrected chi connectivity index (χ0v) is 10.3. The van der Waals surface area contributed by atoms with E-state index in [1.54, 1.807) is 6.07 Å². The monoisotopic (exact) mass is 240 g/mol. The van der Waals surface area contributed by atoms with Gasteiger partial charge in [0.05, 0.1) is 0 Å². The summed E-state index contributed by atoms with van der Waals surface area (Å²) in [5.74, 6) is 1.12. The predicted molar refractivity (Wildman–Crippen MR) is 66.0 cm³/mol. The molecule has 0 unspecified atom stereocenters. The molecule has 0 bridgehead atoms. The lowest BCUT2D eigenvalue weighted by Gasteiger charge is -2.04. The maximum Gasteiger partial charge on any atom is 0.311 e. The van der Waals surface area contributed by atoms with Crippen LogP contribution in [-0.2, 0) is 4.79 Å². The first-order valence-corrected chi connectivity index (χ1v) is 6.09. The van der Waals surface area contributed by atoms with E-state index in [-0.39, 0.29) is 5.97 Å². The minimum atomic E-state index is -0.167. The van der Waals surface area contributed by atoms with Gasteiger partial charge in [-0.05, 0) is 37.5 Å². The number of rotatable bonds is 6. The molecule has 2 nitrogen and oxygen atoms in total. The summed E-state index contributed by atoms with van der Waals surface area (Å²) in [5.41, 5.74) is 1.09. The number of ether oxygens (including phenoxy) is 1. The number of benzene rings is 1. The van der Waals surface area contributed by atoms with Gasteiger partial charge >= 0.3 is 5.97 Å². The summed E-state index contributed by atoms with van der Waals surface area (Å²) in [6.45, 7) is 1.97. The Morgan fingerprint density at radius 1 is 1.31 bits per heavy atom. The molecule has 1 rings (SSSR count). The number of hydrogen-bond acceptors (Lipinski definition) is 2. The van der Waals surface area contributed by atoms with Crippen molar-refractivity contribution in [1.82, 2.24) is 0 Å². The van der Waals surface area contributed by atoms with Gasteiger partial charge in [0.15, 0.2) is 0 Å². The zero-order chi connectivity index (χ0) is 11.8. The van der Waals surface area contributed by atoms with Gasteiger partial charge in [0.25, 0.3) is 0 Å². The van der Waals surface area contributed by atoms with E-state index in [1.165, 1.54) is 0 Å². The van der Waals surface area contributed by atoms with Gasteiger partial charge in [0.1, 0.15) is 5.75 Å². The van der Waals surface area contributed by atoms with Crippen LogP contribution >= 0.6 is 11.6 Å². The summed E-state index contributed by atoms with van der Waals surface area (Å²) in [5, 5.41) is 0. The molecule has 0 amide bonds. The highest BCUT2D eigenvalue weighted by Crippen LogP contribution is 2.13. The van der Waals surface area contributed by atoms with Crippen LogP contribution in [0.2, 0.25) is 0 Å². The molecular formula is C13H17ClO2. The first-order chi connectivity index (χ1) is 7.72. The molecule has 88 valence electrons. The number of carbonyl (C=O) groups excluding carboxylic acids is 1. The molecule has 0 aliphatic carbocycles. The number of esters is 1. The molecule has 16 heavy (non-hydrogen) atoms. The SMILES string of the molecule is Cc1cccc(OC(=O)CCCCCCl)c1. The van der Waals surface area contributed by atoms with Crippen LogP contribution in [0.3, 0.4) is 0 Å². The molecule has 0 aromatic heterocycles. The smallest absolute Gasteiger partial charge is 0.311 e. The maximum absolute atomic E-state index is 11.4. The van der Waals surface area contributed by atoms with Crippen molar-refractivity contribution >= 4 is 17.6 Å². The van der Waals surface area contributed by atoms with Crippen LogP contribution in [-0.4, -0.2) is 11.8 Å². The number of aryl methyl sites for hydroxylation is 1. The van der Waals surface area contributed by atoms with E-state index in [0.29, 0.717) is 18.1 Å². The molecule has 0 saturated carbocycles. The Kier molecular flexibility index (Phi) is 5.94. The van der Waals surface area contributed by atoms with Crippen molar-refractivity contribution in [3.8, 4) is 5.75 Å². The van der Waals surface area contributed by atoms with Crippen LogP contribution in [0.4, 0.5) is 0 Å². The fourth-order valence-electron chi connectivity index (χ4n) is 1.40. The normalized spacial score (nSPS) is 10.1. The minimum Gasteiger partial charge on any atom is -0.427 e. The highest BCUT2D eigenvalue weighted by atomic mass is 35.5. The zero-order valence-electron chi connectivity index (χ0n) is 9.54. The van der Waals surface area contributed by atoms with Crippen LogP contribution in [0, 0.1) is 6.92 Å². The predicted octanol–water partition coefficient (Wildman–Crippen LogP) is 3.70. The van der Waals surface area contributed by atoms with Gasteiger partial charge in [0.2, 0.25) is 0 Å². The summed E-state index contributed by atoms with van der Waals surface area (Å²) < 4.78 is 5.20. The van der Waals surface area contributed by atoms with Crippen LogP contribution in [0.15, 0.2) is 24.3 Å². The summed E-state index contributed by atoms with van der Waals surface area (Å²) in [6.07, 6.45) is 3.24. The Balaban J connectivity index is 2.29. The van der Waals surface area contributed by atoms with Crippen molar-refractivity contribution in [3.05, 3.63) is 29.8 Å². The van der Waals surface area contributed by atoms with Crippen molar-refractivity contribution in [2.45, 2.75) is 32.6 Å². The lowest BCUT2D eigenvalue weighted by atomic mass is 10.2. The van der Waals surface area contributed by atoms with Crippen LogP contribution in [0.5, 0.6) is 5.75 Å². The fourth-order valence-corrected chi connectivity index (χ4v) is 1.59. The second-order valence-electron chi connectivity index (χ2n) is 3.79. The van der Waals surface area contributed by atoms with E-state index < -0.39 is 0 Å². The maximum atomic E-state index is 11.4. The summed E-state index contributed by atoms with van der Waals surface area (Å²) in [7, 11) is 0. The lowest BCUT2D eigenvalue weighted by molar-refractivity contribution is -0.134. The van der Waals surface area contributed by atoms with Gasteiger partial charge in [-0.3, -0.25) is 4.79 Å². The molecule has 0 atom stereocenters. The third-order valence-corrected chi connectivity index (χ3v) is 2.50. The van der Waals surface area contributed by atoms with Crippen LogP contribution in [0.25, 0.3) is 0 Å². The van der Waals surface area contributed by atoms with Gasteiger partial charge in [-0.15, -0.1) is 11.6 Å². The fraction of sp³-hybridized carbons (Fsp3) is 0.462. The Bertz CT molecular complexity index is 336. The van der Waals surface area contributed by atoms with Gasteiger partial charge in [0, 0.05) is 12.3 Å². The average molecular weight is 241 g/mol. The highest BCUT2D eigenvalue weighted by molar-refractivity contribution is 6.17. The second-order valence-corrected chi connectivity index (χ2v) is 4.17. The minimum absolute atomic E-state index is 0.167. The first-order valence-electron chi connectivity index (χ1n) is 5.55. The molecule has 0 aliphatic heterocycles. The van der Waals surface area contributed by atoms with E-state index in [0.717, 1.165) is 24.8 Å². The number of halogens is 1. The molecule has 0 saturated heterocycles.